The highest BCUT2D eigenvalue weighted by molar-refractivity contribution is 6.74. The van der Waals surface area contributed by atoms with E-state index in [-0.39, 0.29) is 5.04 Å². The smallest absolute Gasteiger partial charge is 0.192 e. The summed E-state index contributed by atoms with van der Waals surface area (Å²) in [6, 6.07) is 12.7. The highest BCUT2D eigenvalue weighted by Gasteiger charge is 2.37. The van der Waals surface area contributed by atoms with E-state index in [0.717, 1.165) is 71.5 Å². The molecule has 8 heteroatoms. The van der Waals surface area contributed by atoms with Crippen LogP contribution in [0.15, 0.2) is 36.4 Å². The van der Waals surface area contributed by atoms with Gasteiger partial charge in [0, 0.05) is 32.6 Å². The molecule has 1 aliphatic heterocycles. The second-order valence-electron chi connectivity index (χ2n) is 13.0. The van der Waals surface area contributed by atoms with Crippen molar-refractivity contribution in [1.82, 2.24) is 9.97 Å². The van der Waals surface area contributed by atoms with Crippen LogP contribution >= 0.6 is 11.6 Å². The molecule has 0 N–H and O–H groups in total. The molecule has 0 bridgehead atoms. The van der Waals surface area contributed by atoms with Crippen molar-refractivity contribution in [3.63, 3.8) is 0 Å². The van der Waals surface area contributed by atoms with Gasteiger partial charge in [0.1, 0.15) is 17.4 Å². The van der Waals surface area contributed by atoms with E-state index < -0.39 is 8.32 Å². The summed E-state index contributed by atoms with van der Waals surface area (Å²) in [5.74, 6) is 3.89. The van der Waals surface area contributed by atoms with Crippen LogP contribution < -0.4 is 14.5 Å². The fourth-order valence-corrected chi connectivity index (χ4v) is 6.83. The van der Waals surface area contributed by atoms with Gasteiger partial charge in [-0.15, -0.1) is 0 Å². The van der Waals surface area contributed by atoms with E-state index in [9.17, 15) is 0 Å². The first-order valence-corrected chi connectivity index (χ1v) is 18.0. The Kier molecular flexibility index (Phi) is 8.38. The molecule has 2 fully saturated rings. The zero-order valence-corrected chi connectivity index (χ0v) is 27.0. The number of hydrogen-bond acceptors (Lipinski definition) is 6. The molecule has 5 rings (SSSR count). The predicted molar refractivity (Wildman–Crippen MR) is 170 cm³/mol. The Bertz CT molecular complexity index is 1350. The molecule has 0 amide bonds. The fraction of sp³-hybridized carbons (Fsp3) is 0.562. The molecule has 40 heavy (non-hydrogen) atoms. The van der Waals surface area contributed by atoms with Crippen LogP contribution in [0.25, 0.3) is 10.9 Å². The molecule has 3 aromatic rings. The van der Waals surface area contributed by atoms with Crippen molar-refractivity contribution in [2.24, 2.45) is 0 Å². The van der Waals surface area contributed by atoms with Gasteiger partial charge in [0.05, 0.1) is 35.3 Å². The van der Waals surface area contributed by atoms with E-state index >= 15 is 0 Å². The lowest BCUT2D eigenvalue weighted by atomic mass is 9.88. The summed E-state index contributed by atoms with van der Waals surface area (Å²) >= 11 is 7.22. The van der Waals surface area contributed by atoms with Crippen LogP contribution in [0.2, 0.25) is 23.2 Å². The van der Waals surface area contributed by atoms with Gasteiger partial charge in [-0.05, 0) is 73.5 Å². The van der Waals surface area contributed by atoms with Crippen molar-refractivity contribution in [2.75, 3.05) is 50.2 Å². The van der Waals surface area contributed by atoms with Crippen molar-refractivity contribution in [3.8, 4) is 5.75 Å². The van der Waals surface area contributed by atoms with Crippen molar-refractivity contribution in [3.05, 3.63) is 52.8 Å². The van der Waals surface area contributed by atoms with Gasteiger partial charge in [0.25, 0.3) is 0 Å². The molecule has 1 aromatic heterocycles. The number of likely N-dealkylation sites (N-methyl/N-ethyl adjacent to an activating group) is 1. The molecule has 0 unspecified atom stereocenters. The molecular weight excluding hydrogens is 536 g/mol. The molecule has 1 aliphatic carbocycles. The minimum atomic E-state index is -1.80. The standard InChI is InChI=1S/C32H45ClN4O2Si/c1-32(2,3)40(6,7)39-21-20-36(4)26-15-14-25-28(29(26)33)31(35-30(34-25)23-12-13-23)37-18-16-22(17-19-37)24-10-8-9-11-27(24)38-5/h8-11,14-15,22-23H,12-13,16-21H2,1-7H3. The lowest BCUT2D eigenvalue weighted by molar-refractivity contribution is 0.296. The average Bonchev–Trinajstić information content (AvgIpc) is 3.78. The maximum Gasteiger partial charge on any atom is 0.192 e. The van der Waals surface area contributed by atoms with E-state index in [1.807, 2.05) is 6.07 Å². The summed E-state index contributed by atoms with van der Waals surface area (Å²) in [6.45, 7) is 14.7. The summed E-state index contributed by atoms with van der Waals surface area (Å²) in [4.78, 5) is 14.8. The quantitative estimate of drug-likeness (QED) is 0.239. The Morgan fingerprint density at radius 1 is 1.00 bits per heavy atom. The average molecular weight is 581 g/mol. The number of hydrogen-bond donors (Lipinski definition) is 0. The molecule has 0 radical (unpaired) electrons. The fourth-order valence-electron chi connectivity index (χ4n) is 5.40. The third-order valence-electron chi connectivity index (χ3n) is 9.20. The first-order chi connectivity index (χ1) is 19.0. The molecule has 1 saturated heterocycles. The Morgan fingerprint density at radius 2 is 1.70 bits per heavy atom. The Morgan fingerprint density at radius 3 is 2.35 bits per heavy atom. The second-order valence-corrected chi connectivity index (χ2v) is 18.2. The predicted octanol–water partition coefficient (Wildman–Crippen LogP) is 8.01. The van der Waals surface area contributed by atoms with Gasteiger partial charge in [-0.1, -0.05) is 50.6 Å². The first kappa shape index (κ1) is 29.1. The molecule has 216 valence electrons. The lowest BCUT2D eigenvalue weighted by Gasteiger charge is -2.37. The van der Waals surface area contributed by atoms with Gasteiger partial charge in [0.15, 0.2) is 8.32 Å². The molecule has 6 nitrogen and oxygen atoms in total. The number of anilines is 2. The van der Waals surface area contributed by atoms with Crippen LogP contribution in [0.3, 0.4) is 0 Å². The van der Waals surface area contributed by atoms with Crippen LogP contribution in [0.4, 0.5) is 11.5 Å². The highest BCUT2D eigenvalue weighted by Crippen LogP contribution is 2.44. The maximum absolute atomic E-state index is 7.22. The first-order valence-electron chi connectivity index (χ1n) is 14.7. The van der Waals surface area contributed by atoms with Crippen LogP contribution in [0.5, 0.6) is 5.75 Å². The second kappa shape index (κ2) is 11.5. The van der Waals surface area contributed by atoms with Crippen LogP contribution in [-0.2, 0) is 4.43 Å². The number of benzene rings is 2. The van der Waals surface area contributed by atoms with Gasteiger partial charge >= 0.3 is 0 Å². The van der Waals surface area contributed by atoms with E-state index in [2.05, 4.69) is 81.0 Å². The number of aromatic nitrogens is 2. The maximum atomic E-state index is 7.22. The minimum absolute atomic E-state index is 0.191. The number of fused-ring (bicyclic) bond motifs is 1. The van der Waals surface area contributed by atoms with E-state index in [1.54, 1.807) is 7.11 Å². The molecule has 1 saturated carbocycles. The normalized spacial score (nSPS) is 16.9. The number of nitrogens with zero attached hydrogens (tertiary/aromatic N) is 4. The Balaban J connectivity index is 1.40. The Hall–Kier alpha value is -2.35. The van der Waals surface area contributed by atoms with Crippen molar-refractivity contribution < 1.29 is 9.16 Å². The zero-order chi connectivity index (χ0) is 28.7. The monoisotopic (exact) mass is 580 g/mol. The number of halogens is 1. The van der Waals surface area contributed by atoms with Crippen LogP contribution in [0, 0.1) is 0 Å². The largest absolute Gasteiger partial charge is 0.496 e. The molecule has 2 aliphatic rings. The summed E-state index contributed by atoms with van der Waals surface area (Å²) in [5.41, 5.74) is 3.25. The topological polar surface area (TPSA) is 50.7 Å². The van der Waals surface area contributed by atoms with Crippen molar-refractivity contribution in [1.29, 1.82) is 0 Å². The van der Waals surface area contributed by atoms with Gasteiger partial charge in [0.2, 0.25) is 0 Å². The Labute approximate surface area is 246 Å². The number of piperidine rings is 1. The molecule has 0 atom stereocenters. The zero-order valence-electron chi connectivity index (χ0n) is 25.3. The summed E-state index contributed by atoms with van der Waals surface area (Å²) in [5, 5.41) is 1.89. The molecule has 2 heterocycles. The van der Waals surface area contributed by atoms with Gasteiger partial charge in [-0.25, -0.2) is 9.97 Å². The van der Waals surface area contributed by atoms with Crippen molar-refractivity contribution in [2.45, 2.75) is 76.4 Å². The van der Waals surface area contributed by atoms with E-state index in [1.165, 1.54) is 18.4 Å². The number of ether oxygens (including phenoxy) is 1. The number of para-hydroxylation sites is 1. The SMILES string of the molecule is COc1ccccc1C1CCN(c2nc(C3CC3)nc3ccc(N(C)CCO[Si](C)(C)C(C)(C)C)c(Cl)c23)CC1. The lowest BCUT2D eigenvalue weighted by Crippen LogP contribution is -2.42. The molecule has 2 aromatic carbocycles. The molecular formula is C32H45ClN4O2Si. The summed E-state index contributed by atoms with van der Waals surface area (Å²) in [7, 11) is 2.05. The van der Waals surface area contributed by atoms with E-state index in [0.29, 0.717) is 18.4 Å². The van der Waals surface area contributed by atoms with Gasteiger partial charge < -0.3 is 19.0 Å². The van der Waals surface area contributed by atoms with Crippen LogP contribution in [0.1, 0.15) is 69.7 Å². The van der Waals surface area contributed by atoms with Crippen LogP contribution in [-0.4, -0.2) is 58.7 Å². The van der Waals surface area contributed by atoms with Gasteiger partial charge in [-0.3, -0.25) is 0 Å². The summed E-state index contributed by atoms with van der Waals surface area (Å²) < 4.78 is 12.1. The minimum Gasteiger partial charge on any atom is -0.496 e. The van der Waals surface area contributed by atoms with E-state index in [4.69, 9.17) is 30.7 Å². The highest BCUT2D eigenvalue weighted by atomic mass is 35.5. The third kappa shape index (κ3) is 5.97. The van der Waals surface area contributed by atoms with Crippen molar-refractivity contribution >= 4 is 42.3 Å². The molecule has 0 spiro atoms. The van der Waals surface area contributed by atoms with Gasteiger partial charge in [-0.2, -0.15) is 0 Å². The number of methoxy groups -OCH3 is 1. The number of rotatable bonds is 9. The third-order valence-corrected chi connectivity index (χ3v) is 14.1. The summed E-state index contributed by atoms with van der Waals surface area (Å²) in [6.07, 6.45) is 4.44.